The van der Waals surface area contributed by atoms with Crippen LogP contribution in [0.4, 0.5) is 27.9 Å². The number of nitrogens with zero attached hydrogens (tertiary/aromatic N) is 8. The predicted molar refractivity (Wildman–Crippen MR) is 208 cm³/mol. The maximum atomic E-state index is 13.6. The molecule has 3 saturated heterocycles. The topological polar surface area (TPSA) is 149 Å². The first kappa shape index (κ1) is 35.8. The molecule has 0 radical (unpaired) electrons. The number of carbonyl (C=O) groups excluding carboxylic acids is 3. The van der Waals surface area contributed by atoms with Gasteiger partial charge in [-0.15, -0.1) is 0 Å². The number of urea groups is 1. The maximum Gasteiger partial charge on any atom is 0.328 e. The van der Waals surface area contributed by atoms with Gasteiger partial charge in [0.15, 0.2) is 5.78 Å². The van der Waals surface area contributed by atoms with Crippen LogP contribution in [0.3, 0.4) is 0 Å². The number of rotatable bonds is 9. The molecule has 4 fully saturated rings. The molecule has 1 aliphatic carbocycles. The summed E-state index contributed by atoms with van der Waals surface area (Å²) in [5.41, 5.74) is 4.28. The van der Waals surface area contributed by atoms with Crippen LogP contribution in [0.1, 0.15) is 79.4 Å². The molecule has 8 rings (SSSR count). The van der Waals surface area contributed by atoms with Gasteiger partial charge in [0.05, 0.1) is 17.4 Å². The van der Waals surface area contributed by atoms with Gasteiger partial charge >= 0.3 is 6.03 Å². The zero-order valence-corrected chi connectivity index (χ0v) is 31.1. The Morgan fingerprint density at radius 3 is 2.22 bits per heavy atom. The third-order valence-electron chi connectivity index (χ3n) is 11.7. The Morgan fingerprint density at radius 2 is 1.56 bits per heavy atom. The monoisotopic (exact) mass is 732 g/mol. The maximum absolute atomic E-state index is 13.6. The zero-order chi connectivity index (χ0) is 37.3. The minimum Gasteiger partial charge on any atom is -0.370 e. The number of pyridine rings is 2. The van der Waals surface area contributed by atoms with E-state index in [-0.39, 0.29) is 34.9 Å². The van der Waals surface area contributed by atoms with Crippen molar-refractivity contribution < 1.29 is 14.4 Å². The third kappa shape index (κ3) is 7.32. The van der Waals surface area contributed by atoms with Crippen molar-refractivity contribution in [2.24, 2.45) is 0 Å². The number of benzene rings is 1. The van der Waals surface area contributed by atoms with Crippen LogP contribution in [0, 0.1) is 6.92 Å². The Bertz CT molecular complexity index is 2100. The molecular formula is C40H48N10O4. The van der Waals surface area contributed by atoms with Crippen LogP contribution in [-0.2, 0) is 11.3 Å². The van der Waals surface area contributed by atoms with Crippen molar-refractivity contribution in [3.8, 4) is 0 Å². The van der Waals surface area contributed by atoms with E-state index in [1.54, 1.807) is 22.6 Å². The van der Waals surface area contributed by atoms with Crippen LogP contribution in [0.5, 0.6) is 0 Å². The van der Waals surface area contributed by atoms with Crippen molar-refractivity contribution in [2.75, 3.05) is 60.9 Å². The van der Waals surface area contributed by atoms with Crippen LogP contribution in [0.2, 0.25) is 0 Å². The molecule has 0 spiro atoms. The molecule has 14 heteroatoms. The van der Waals surface area contributed by atoms with Crippen molar-refractivity contribution in [1.29, 1.82) is 0 Å². The van der Waals surface area contributed by atoms with E-state index in [0.717, 1.165) is 101 Å². The molecule has 6 heterocycles. The fraction of sp³-hybridized carbons (Fsp3) is 0.475. The standard InChI is InChI=1S/C40H48N10O4/c1-26-33-24-42-39(45-37(33)50(31-5-3-4-6-31)38(53)36(26)27(2)51)43-34-12-11-32(23-41-34)47-16-13-29(14-17-47)48-21-19-46(20-22-48)25-28-7-9-30(10-8-28)49-18-15-35(52)44-40(49)54/h7-12,23-24,29,31H,3-6,13-22,25H2,1-2H3,(H,44,52,54)(H,41,42,43,45). The molecule has 0 bridgehead atoms. The van der Waals surface area contributed by atoms with Gasteiger partial charge < -0.3 is 10.2 Å². The van der Waals surface area contributed by atoms with Crippen LogP contribution in [0.25, 0.3) is 11.0 Å². The molecule has 3 aromatic heterocycles. The summed E-state index contributed by atoms with van der Waals surface area (Å²) in [5.74, 6) is 0.539. The highest BCUT2D eigenvalue weighted by molar-refractivity contribution is 6.05. The predicted octanol–water partition coefficient (Wildman–Crippen LogP) is 4.79. The molecule has 0 unspecified atom stereocenters. The number of imide groups is 1. The van der Waals surface area contributed by atoms with Gasteiger partial charge in [-0.05, 0) is 74.9 Å². The smallest absolute Gasteiger partial charge is 0.328 e. The van der Waals surface area contributed by atoms with E-state index in [2.05, 4.69) is 48.5 Å². The second-order valence-electron chi connectivity index (χ2n) is 15.1. The summed E-state index contributed by atoms with van der Waals surface area (Å²) >= 11 is 0. The van der Waals surface area contributed by atoms with Gasteiger partial charge in [-0.25, -0.2) is 14.8 Å². The Balaban J connectivity index is 0.835. The number of carbonyl (C=O) groups is 3. The number of ketones is 1. The van der Waals surface area contributed by atoms with Gasteiger partial charge in [-0.2, -0.15) is 4.98 Å². The van der Waals surface area contributed by atoms with Gasteiger partial charge in [-0.1, -0.05) is 25.0 Å². The lowest BCUT2D eigenvalue weighted by atomic mass is 10.0. The average Bonchev–Trinajstić information content (AvgIpc) is 3.71. The first-order valence-electron chi connectivity index (χ1n) is 19.3. The number of fused-ring (bicyclic) bond motifs is 1. The molecule has 3 aliphatic heterocycles. The number of amides is 3. The molecule has 3 amide bonds. The van der Waals surface area contributed by atoms with E-state index in [9.17, 15) is 19.2 Å². The summed E-state index contributed by atoms with van der Waals surface area (Å²) in [6.45, 7) is 10.6. The van der Waals surface area contributed by atoms with Crippen molar-refractivity contribution in [3.63, 3.8) is 0 Å². The van der Waals surface area contributed by atoms with E-state index in [4.69, 9.17) is 9.97 Å². The van der Waals surface area contributed by atoms with Gasteiger partial charge in [0, 0.05) is 88.1 Å². The molecule has 1 saturated carbocycles. The normalized spacial score (nSPS) is 19.4. The van der Waals surface area contributed by atoms with E-state index >= 15 is 0 Å². The fourth-order valence-electron chi connectivity index (χ4n) is 8.70. The van der Waals surface area contributed by atoms with E-state index < -0.39 is 0 Å². The first-order valence-corrected chi connectivity index (χ1v) is 19.3. The first-order chi connectivity index (χ1) is 26.2. The Labute approximate surface area is 314 Å². The number of aryl methyl sites for hydroxylation is 1. The fourth-order valence-corrected chi connectivity index (χ4v) is 8.70. The van der Waals surface area contributed by atoms with Gasteiger partial charge in [0.1, 0.15) is 11.5 Å². The second kappa shape index (κ2) is 15.3. The number of nitrogens with one attached hydrogen (secondary N) is 2. The van der Waals surface area contributed by atoms with E-state index in [1.165, 1.54) is 12.5 Å². The largest absolute Gasteiger partial charge is 0.370 e. The molecule has 282 valence electrons. The summed E-state index contributed by atoms with van der Waals surface area (Å²) in [4.78, 5) is 72.9. The molecule has 1 aromatic carbocycles. The zero-order valence-electron chi connectivity index (χ0n) is 31.1. The molecule has 2 N–H and O–H groups in total. The van der Waals surface area contributed by atoms with Gasteiger partial charge in [-0.3, -0.25) is 39.0 Å². The summed E-state index contributed by atoms with van der Waals surface area (Å²) < 4.78 is 1.73. The summed E-state index contributed by atoms with van der Waals surface area (Å²) in [5, 5.41) is 6.35. The van der Waals surface area contributed by atoms with Crippen molar-refractivity contribution >= 4 is 51.9 Å². The molecule has 54 heavy (non-hydrogen) atoms. The third-order valence-corrected chi connectivity index (χ3v) is 11.7. The van der Waals surface area contributed by atoms with Gasteiger partial charge in [0.2, 0.25) is 11.9 Å². The summed E-state index contributed by atoms with van der Waals surface area (Å²) in [6, 6.07) is 12.4. The van der Waals surface area contributed by atoms with Gasteiger partial charge in [0.25, 0.3) is 5.56 Å². The minimum absolute atomic E-state index is 0.0244. The number of anilines is 4. The Kier molecular flexibility index (Phi) is 10.1. The number of piperazine rings is 1. The lowest BCUT2D eigenvalue weighted by Gasteiger charge is -2.43. The van der Waals surface area contributed by atoms with Crippen molar-refractivity contribution in [3.05, 3.63) is 75.8 Å². The highest BCUT2D eigenvalue weighted by Crippen LogP contribution is 2.32. The molecule has 14 nitrogen and oxygen atoms in total. The highest BCUT2D eigenvalue weighted by atomic mass is 16.2. The number of aromatic nitrogens is 4. The van der Waals surface area contributed by atoms with Crippen LogP contribution >= 0.6 is 0 Å². The molecule has 4 aliphatic rings. The summed E-state index contributed by atoms with van der Waals surface area (Å²) in [7, 11) is 0. The molecule has 0 atom stereocenters. The van der Waals surface area contributed by atoms with Crippen LogP contribution < -0.4 is 26.0 Å². The average molecular weight is 733 g/mol. The SMILES string of the molecule is CC(=O)c1c(C)c2cnc(Nc3ccc(N4CCC(N5CCN(Cc6ccc(N7CCC(=O)NC7=O)cc6)CC5)CC4)cn3)nc2n(C2CCCC2)c1=O. The summed E-state index contributed by atoms with van der Waals surface area (Å²) in [6.07, 6.45) is 10.0. The quantitative estimate of drug-likeness (QED) is 0.229. The van der Waals surface area contributed by atoms with Crippen molar-refractivity contribution in [2.45, 2.75) is 77.4 Å². The Morgan fingerprint density at radius 1 is 0.833 bits per heavy atom. The van der Waals surface area contributed by atoms with E-state index in [1.807, 2.05) is 24.4 Å². The number of piperidine rings is 1. The lowest BCUT2D eigenvalue weighted by molar-refractivity contribution is -0.120. The molecule has 4 aromatic rings. The number of Topliss-reactive ketones (excluding diaryl/α,β-unsaturated/α-hetero) is 1. The van der Waals surface area contributed by atoms with Crippen molar-refractivity contribution in [1.82, 2.24) is 34.6 Å². The minimum atomic E-state index is -0.354. The highest BCUT2D eigenvalue weighted by Gasteiger charge is 2.29. The number of hydrogen-bond donors (Lipinski definition) is 2. The van der Waals surface area contributed by atoms with Crippen LogP contribution in [-0.4, -0.2) is 98.9 Å². The lowest BCUT2D eigenvalue weighted by Crippen LogP contribution is -2.53. The Hall–Kier alpha value is -5.21. The molecular weight excluding hydrogens is 685 g/mol. The van der Waals surface area contributed by atoms with Crippen LogP contribution in [0.15, 0.2) is 53.6 Å². The number of hydrogen-bond acceptors (Lipinski definition) is 11. The van der Waals surface area contributed by atoms with E-state index in [0.29, 0.717) is 42.0 Å². The second-order valence-corrected chi connectivity index (χ2v) is 15.1.